The summed E-state index contributed by atoms with van der Waals surface area (Å²) in [7, 11) is 1.56. The molecule has 0 radical (unpaired) electrons. The van der Waals surface area contributed by atoms with E-state index < -0.39 is 23.7 Å². The highest BCUT2D eigenvalue weighted by molar-refractivity contribution is 14.1. The number of carbonyl (C=O) groups is 1. The number of fused-ring (bicyclic) bond motifs is 2. The van der Waals surface area contributed by atoms with Gasteiger partial charge in [0.05, 0.1) is 23.9 Å². The third-order valence-corrected chi connectivity index (χ3v) is 6.97. The fraction of sp³-hybridized carbons (Fsp3) is 0.647. The monoisotopic (exact) mass is 484 g/mol. The molecule has 3 aliphatic rings. The highest BCUT2D eigenvalue weighted by Gasteiger charge is 2.75. The Balaban J connectivity index is 1.55. The number of carbonyl (C=O) groups excluding carboxylic acids is 1. The van der Waals surface area contributed by atoms with Crippen molar-refractivity contribution in [3.8, 4) is 0 Å². The summed E-state index contributed by atoms with van der Waals surface area (Å²) < 4.78 is 2.39. The van der Waals surface area contributed by atoms with Crippen LogP contribution in [0.4, 0.5) is 5.82 Å². The van der Waals surface area contributed by atoms with Crippen molar-refractivity contribution in [3.63, 3.8) is 0 Å². The van der Waals surface area contributed by atoms with E-state index in [1.165, 1.54) is 6.42 Å². The van der Waals surface area contributed by atoms with Gasteiger partial charge in [0, 0.05) is 41.6 Å². The number of aliphatic hydroxyl groups excluding tert-OH is 2. The smallest absolute Gasteiger partial charge is 0.229 e. The Bertz CT molecular complexity index is 931. The van der Waals surface area contributed by atoms with Crippen LogP contribution in [0.2, 0.25) is 0 Å². The lowest BCUT2D eigenvalue weighted by atomic mass is 9.93. The van der Waals surface area contributed by atoms with Crippen molar-refractivity contribution in [2.75, 3.05) is 12.4 Å². The predicted octanol–water partition coefficient (Wildman–Crippen LogP) is 0.424. The molecule has 0 saturated heterocycles. The van der Waals surface area contributed by atoms with Crippen LogP contribution in [0.5, 0.6) is 0 Å². The standard InChI is InChI=1S/C17H21IN6O3/c1-19-15(27)17-5-8(17)10(11(25)12(17)26)24-6-20-9-13(21-7-3-2-4-7)22-16(18)23-14(9)24/h6-8,10-12,25-26H,2-5H2,1H3,(H,19,27)(H,21,22,23)/t8-,10-,11+,12+,17+/m1/s1. The van der Waals surface area contributed by atoms with Gasteiger partial charge in [0.1, 0.15) is 6.10 Å². The molecule has 10 heteroatoms. The average Bonchev–Trinajstić information content (AvgIpc) is 3.15. The molecule has 1 amide bonds. The fourth-order valence-electron chi connectivity index (χ4n) is 4.74. The highest BCUT2D eigenvalue weighted by Crippen LogP contribution is 2.67. The van der Waals surface area contributed by atoms with Crippen molar-refractivity contribution in [1.82, 2.24) is 24.8 Å². The van der Waals surface area contributed by atoms with Crippen LogP contribution in [-0.4, -0.2) is 60.9 Å². The maximum atomic E-state index is 12.3. The molecule has 0 unspecified atom stereocenters. The lowest BCUT2D eigenvalue weighted by Crippen LogP contribution is -2.41. The Labute approximate surface area is 169 Å². The summed E-state index contributed by atoms with van der Waals surface area (Å²) in [4.78, 5) is 25.9. The number of imidazole rings is 1. The van der Waals surface area contributed by atoms with Crippen LogP contribution < -0.4 is 10.6 Å². The van der Waals surface area contributed by atoms with Gasteiger partial charge in [-0.25, -0.2) is 15.0 Å². The third kappa shape index (κ3) is 2.35. The quantitative estimate of drug-likeness (QED) is 0.366. The predicted molar refractivity (Wildman–Crippen MR) is 105 cm³/mol. The number of nitrogens with one attached hydrogen (secondary N) is 2. The second kappa shape index (κ2) is 5.98. The van der Waals surface area contributed by atoms with Gasteiger partial charge in [0.25, 0.3) is 0 Å². The van der Waals surface area contributed by atoms with E-state index >= 15 is 0 Å². The topological polar surface area (TPSA) is 125 Å². The zero-order valence-corrected chi connectivity index (χ0v) is 16.9. The van der Waals surface area contributed by atoms with Gasteiger partial charge in [-0.1, -0.05) is 0 Å². The molecule has 2 aromatic rings. The molecule has 2 aromatic heterocycles. The first-order valence-corrected chi connectivity index (χ1v) is 10.3. The van der Waals surface area contributed by atoms with E-state index in [0.29, 0.717) is 33.3 Å². The Morgan fingerprint density at radius 1 is 1.37 bits per heavy atom. The number of anilines is 1. The number of halogens is 1. The maximum Gasteiger partial charge on any atom is 0.229 e. The lowest BCUT2D eigenvalue weighted by molar-refractivity contribution is -0.132. The van der Waals surface area contributed by atoms with Crippen LogP contribution in [0.1, 0.15) is 31.7 Å². The number of rotatable bonds is 4. The van der Waals surface area contributed by atoms with Crippen LogP contribution in [0, 0.1) is 15.2 Å². The van der Waals surface area contributed by atoms with Crippen molar-refractivity contribution in [2.45, 2.75) is 50.0 Å². The minimum atomic E-state index is -1.10. The van der Waals surface area contributed by atoms with Gasteiger partial charge in [-0.2, -0.15) is 0 Å². The Kier molecular flexibility index (Phi) is 3.89. The first-order valence-electron chi connectivity index (χ1n) is 9.22. The van der Waals surface area contributed by atoms with Gasteiger partial charge in [0.2, 0.25) is 5.91 Å². The molecular weight excluding hydrogens is 463 g/mol. The van der Waals surface area contributed by atoms with E-state index in [2.05, 4.69) is 48.2 Å². The number of nitrogens with zero attached hydrogens (tertiary/aromatic N) is 4. The molecule has 3 aliphatic carbocycles. The second-order valence-electron chi connectivity index (χ2n) is 7.79. The summed E-state index contributed by atoms with van der Waals surface area (Å²) >= 11 is 2.07. The highest BCUT2D eigenvalue weighted by atomic mass is 127. The first-order chi connectivity index (χ1) is 13.0. The molecule has 5 atom stereocenters. The lowest BCUT2D eigenvalue weighted by Gasteiger charge is -2.27. The number of aliphatic hydroxyl groups is 2. The van der Waals surface area contributed by atoms with Crippen LogP contribution in [-0.2, 0) is 4.79 Å². The van der Waals surface area contributed by atoms with E-state index in [4.69, 9.17) is 0 Å². The van der Waals surface area contributed by atoms with E-state index in [9.17, 15) is 15.0 Å². The summed E-state index contributed by atoms with van der Waals surface area (Å²) in [5.41, 5.74) is 0.358. The third-order valence-electron chi connectivity index (χ3n) is 6.48. The maximum absolute atomic E-state index is 12.3. The normalized spacial score (nSPS) is 35.0. The molecule has 9 nitrogen and oxygen atoms in total. The van der Waals surface area contributed by atoms with Crippen molar-refractivity contribution in [3.05, 3.63) is 10.2 Å². The van der Waals surface area contributed by atoms with Crippen LogP contribution in [0.3, 0.4) is 0 Å². The molecule has 0 aliphatic heterocycles. The fourth-order valence-corrected chi connectivity index (χ4v) is 5.21. The van der Waals surface area contributed by atoms with Crippen molar-refractivity contribution >= 4 is 45.5 Å². The summed E-state index contributed by atoms with van der Waals surface area (Å²) in [6, 6.07) is -0.0307. The number of aromatic nitrogens is 4. The van der Waals surface area contributed by atoms with Gasteiger partial charge in [-0.15, -0.1) is 0 Å². The Hall–Kier alpha value is -1.53. The van der Waals surface area contributed by atoms with Gasteiger partial charge in [-0.3, -0.25) is 4.79 Å². The van der Waals surface area contributed by atoms with E-state index in [1.807, 2.05) is 0 Å². The van der Waals surface area contributed by atoms with Gasteiger partial charge in [-0.05, 0) is 25.7 Å². The second-order valence-corrected chi connectivity index (χ2v) is 8.76. The van der Waals surface area contributed by atoms with Crippen LogP contribution in [0.15, 0.2) is 6.33 Å². The summed E-state index contributed by atoms with van der Waals surface area (Å²) in [5, 5.41) is 27.3. The molecule has 144 valence electrons. The number of amides is 1. The molecular formula is C17H21IN6O3. The van der Waals surface area contributed by atoms with Gasteiger partial charge < -0.3 is 25.4 Å². The van der Waals surface area contributed by atoms with E-state index in [1.54, 1.807) is 17.9 Å². The largest absolute Gasteiger partial charge is 0.389 e. The minimum Gasteiger partial charge on any atom is -0.389 e. The molecule has 2 heterocycles. The molecule has 3 saturated carbocycles. The van der Waals surface area contributed by atoms with E-state index in [-0.39, 0.29) is 11.8 Å². The molecule has 4 N–H and O–H groups in total. The zero-order chi connectivity index (χ0) is 18.9. The van der Waals surface area contributed by atoms with Gasteiger partial charge in [0.15, 0.2) is 20.8 Å². The molecule has 3 fully saturated rings. The van der Waals surface area contributed by atoms with Crippen LogP contribution in [0.25, 0.3) is 11.2 Å². The number of hydrogen-bond acceptors (Lipinski definition) is 7. The van der Waals surface area contributed by atoms with Crippen LogP contribution >= 0.6 is 22.6 Å². The minimum absolute atomic E-state index is 0.143. The SMILES string of the molecule is CNC(=O)[C@@]12C[C@@H]1[C@@H](n1cnc3c(NC4CCC4)nc(I)nc31)[C@H](O)[C@@H]2O. The van der Waals surface area contributed by atoms with Gasteiger partial charge >= 0.3 is 0 Å². The molecule has 0 spiro atoms. The Morgan fingerprint density at radius 2 is 2.15 bits per heavy atom. The van der Waals surface area contributed by atoms with Crippen molar-refractivity contribution in [2.24, 2.45) is 11.3 Å². The molecule has 5 rings (SSSR count). The van der Waals surface area contributed by atoms with E-state index in [0.717, 1.165) is 12.8 Å². The first kappa shape index (κ1) is 17.6. The Morgan fingerprint density at radius 3 is 2.81 bits per heavy atom. The average molecular weight is 484 g/mol. The molecule has 0 bridgehead atoms. The summed E-state index contributed by atoms with van der Waals surface area (Å²) in [5.74, 6) is 0.340. The summed E-state index contributed by atoms with van der Waals surface area (Å²) in [6.45, 7) is 0. The summed E-state index contributed by atoms with van der Waals surface area (Å²) in [6.07, 6.45) is 3.49. The van der Waals surface area contributed by atoms with Crippen molar-refractivity contribution < 1.29 is 15.0 Å². The van der Waals surface area contributed by atoms with Crippen molar-refractivity contribution in [1.29, 1.82) is 0 Å². The number of hydrogen-bond donors (Lipinski definition) is 4. The molecule has 27 heavy (non-hydrogen) atoms. The zero-order valence-electron chi connectivity index (χ0n) is 14.8. The molecule has 0 aromatic carbocycles.